The summed E-state index contributed by atoms with van der Waals surface area (Å²) in [4.78, 5) is 16.6. The van der Waals surface area contributed by atoms with Gasteiger partial charge in [-0.25, -0.2) is 0 Å². The molecule has 1 aromatic heterocycles. The van der Waals surface area contributed by atoms with Crippen LogP contribution in [0.5, 0.6) is 11.5 Å². The Kier molecular flexibility index (Phi) is 5.76. The predicted octanol–water partition coefficient (Wildman–Crippen LogP) is 4.21. The van der Waals surface area contributed by atoms with Crippen LogP contribution < -0.4 is 14.8 Å². The smallest absolute Gasteiger partial charge is 0.253 e. The zero-order chi connectivity index (χ0) is 18.5. The van der Waals surface area contributed by atoms with Gasteiger partial charge in [-0.3, -0.25) is 9.78 Å². The average Bonchev–Trinajstić information content (AvgIpc) is 3.15. The molecule has 1 aliphatic rings. The Bertz CT molecular complexity index is 752. The molecule has 1 unspecified atom stereocenters. The summed E-state index contributed by atoms with van der Waals surface area (Å²) in [5.74, 6) is 1.33. The second-order valence-corrected chi connectivity index (χ2v) is 6.82. The maximum Gasteiger partial charge on any atom is 0.253 e. The maximum absolute atomic E-state index is 12.4. The standard InChI is InChI=1S/C21H26N2O3/c1-14-8-9-17(13-22-14)21(24)23-15(2)16-10-11-19(20(12-16)25-3)26-18-6-4-5-7-18/h8-13,15,18H,4-7H2,1-3H3,(H,23,24). The molecular formula is C21H26N2O3. The third-order valence-corrected chi connectivity index (χ3v) is 4.80. The molecule has 0 spiro atoms. The van der Waals surface area contributed by atoms with Gasteiger partial charge in [0, 0.05) is 11.9 Å². The van der Waals surface area contributed by atoms with Crippen LogP contribution in [0.25, 0.3) is 0 Å². The molecule has 3 rings (SSSR count). The minimum atomic E-state index is -0.154. The number of pyridine rings is 1. The van der Waals surface area contributed by atoms with Crippen molar-refractivity contribution in [2.75, 3.05) is 7.11 Å². The molecule has 26 heavy (non-hydrogen) atoms. The van der Waals surface area contributed by atoms with Crippen molar-refractivity contribution < 1.29 is 14.3 Å². The SMILES string of the molecule is COc1cc(C(C)NC(=O)c2ccc(C)nc2)ccc1OC1CCCC1. The van der Waals surface area contributed by atoms with Crippen LogP contribution in [0.15, 0.2) is 36.5 Å². The first-order valence-corrected chi connectivity index (χ1v) is 9.15. The molecule has 138 valence electrons. The predicted molar refractivity (Wildman–Crippen MR) is 101 cm³/mol. The Morgan fingerprint density at radius 1 is 1.19 bits per heavy atom. The summed E-state index contributed by atoms with van der Waals surface area (Å²) < 4.78 is 11.6. The van der Waals surface area contributed by atoms with Crippen LogP contribution in [0.4, 0.5) is 0 Å². The first-order chi connectivity index (χ1) is 12.6. The van der Waals surface area contributed by atoms with Crippen molar-refractivity contribution in [1.82, 2.24) is 10.3 Å². The van der Waals surface area contributed by atoms with Gasteiger partial charge in [0.2, 0.25) is 0 Å². The lowest BCUT2D eigenvalue weighted by molar-refractivity contribution is 0.0939. The lowest BCUT2D eigenvalue weighted by atomic mass is 10.1. The Labute approximate surface area is 154 Å². The van der Waals surface area contributed by atoms with Crippen molar-refractivity contribution in [3.05, 3.63) is 53.3 Å². The summed E-state index contributed by atoms with van der Waals surface area (Å²) in [5.41, 5.74) is 2.40. The van der Waals surface area contributed by atoms with Crippen LogP contribution in [0, 0.1) is 6.92 Å². The van der Waals surface area contributed by atoms with E-state index in [-0.39, 0.29) is 18.1 Å². The van der Waals surface area contributed by atoms with Crippen molar-refractivity contribution in [2.45, 2.75) is 51.7 Å². The maximum atomic E-state index is 12.4. The van der Waals surface area contributed by atoms with Gasteiger partial charge < -0.3 is 14.8 Å². The highest BCUT2D eigenvalue weighted by atomic mass is 16.5. The molecule has 0 bridgehead atoms. The second kappa shape index (κ2) is 8.21. The fourth-order valence-corrected chi connectivity index (χ4v) is 3.20. The molecule has 1 amide bonds. The number of nitrogens with one attached hydrogen (secondary N) is 1. The Hall–Kier alpha value is -2.56. The molecule has 2 aromatic rings. The lowest BCUT2D eigenvalue weighted by Crippen LogP contribution is -2.26. The van der Waals surface area contributed by atoms with E-state index in [9.17, 15) is 4.79 Å². The fraction of sp³-hybridized carbons (Fsp3) is 0.429. The molecule has 0 saturated heterocycles. The van der Waals surface area contributed by atoms with Crippen LogP contribution in [0.2, 0.25) is 0 Å². The number of rotatable bonds is 6. The van der Waals surface area contributed by atoms with E-state index < -0.39 is 0 Å². The minimum absolute atomic E-state index is 0.143. The van der Waals surface area contributed by atoms with Gasteiger partial charge in [-0.15, -0.1) is 0 Å². The van der Waals surface area contributed by atoms with E-state index >= 15 is 0 Å². The minimum Gasteiger partial charge on any atom is -0.493 e. The molecule has 1 aliphatic carbocycles. The second-order valence-electron chi connectivity index (χ2n) is 6.82. The highest BCUT2D eigenvalue weighted by molar-refractivity contribution is 5.94. The van der Waals surface area contributed by atoms with E-state index in [0.29, 0.717) is 11.3 Å². The number of carbonyl (C=O) groups excluding carboxylic acids is 1. The highest BCUT2D eigenvalue weighted by Gasteiger charge is 2.19. The monoisotopic (exact) mass is 354 g/mol. The van der Waals surface area contributed by atoms with Crippen LogP contribution >= 0.6 is 0 Å². The number of hydrogen-bond donors (Lipinski definition) is 1. The quantitative estimate of drug-likeness (QED) is 0.844. The van der Waals surface area contributed by atoms with Gasteiger partial charge in [0.15, 0.2) is 11.5 Å². The highest BCUT2D eigenvalue weighted by Crippen LogP contribution is 2.33. The third kappa shape index (κ3) is 4.34. The molecule has 1 N–H and O–H groups in total. The molecule has 0 radical (unpaired) electrons. The number of benzene rings is 1. The third-order valence-electron chi connectivity index (χ3n) is 4.80. The Balaban J connectivity index is 1.69. The number of amides is 1. The number of ether oxygens (including phenoxy) is 2. The van der Waals surface area contributed by atoms with E-state index in [1.807, 2.05) is 38.1 Å². The summed E-state index contributed by atoms with van der Waals surface area (Å²) >= 11 is 0. The van der Waals surface area contributed by atoms with Crippen LogP contribution in [-0.4, -0.2) is 24.1 Å². The van der Waals surface area contributed by atoms with Gasteiger partial charge in [-0.05, 0) is 69.4 Å². The van der Waals surface area contributed by atoms with E-state index in [1.54, 1.807) is 19.4 Å². The summed E-state index contributed by atoms with van der Waals surface area (Å²) in [7, 11) is 1.64. The number of methoxy groups -OCH3 is 1. The average molecular weight is 354 g/mol. The van der Waals surface area contributed by atoms with Gasteiger partial charge in [-0.1, -0.05) is 6.07 Å². The zero-order valence-corrected chi connectivity index (χ0v) is 15.6. The summed E-state index contributed by atoms with van der Waals surface area (Å²) in [6, 6.07) is 9.30. The summed E-state index contributed by atoms with van der Waals surface area (Å²) in [5, 5.41) is 3.00. The lowest BCUT2D eigenvalue weighted by Gasteiger charge is -2.19. The topological polar surface area (TPSA) is 60.5 Å². The van der Waals surface area contributed by atoms with Gasteiger partial charge >= 0.3 is 0 Å². The molecule has 1 heterocycles. The number of aromatic nitrogens is 1. The van der Waals surface area contributed by atoms with E-state index in [4.69, 9.17) is 9.47 Å². The van der Waals surface area contributed by atoms with Crippen LogP contribution in [0.3, 0.4) is 0 Å². The first-order valence-electron chi connectivity index (χ1n) is 9.15. The van der Waals surface area contributed by atoms with Crippen molar-refractivity contribution in [1.29, 1.82) is 0 Å². The largest absolute Gasteiger partial charge is 0.493 e. The van der Waals surface area contributed by atoms with Gasteiger partial charge in [0.1, 0.15) is 0 Å². The van der Waals surface area contributed by atoms with Crippen molar-refractivity contribution in [3.63, 3.8) is 0 Å². The van der Waals surface area contributed by atoms with Crippen LogP contribution in [0.1, 0.15) is 60.3 Å². The molecule has 1 saturated carbocycles. The van der Waals surface area contributed by atoms with E-state index in [0.717, 1.165) is 29.8 Å². The number of hydrogen-bond acceptors (Lipinski definition) is 4. The molecule has 0 aliphatic heterocycles. The number of nitrogens with zero attached hydrogens (tertiary/aromatic N) is 1. The first kappa shape index (κ1) is 18.2. The molecule has 1 fully saturated rings. The number of carbonyl (C=O) groups is 1. The Morgan fingerprint density at radius 2 is 1.96 bits per heavy atom. The van der Waals surface area contributed by atoms with Crippen molar-refractivity contribution in [2.24, 2.45) is 0 Å². The molecule has 1 atom stereocenters. The molecule has 5 nitrogen and oxygen atoms in total. The van der Waals surface area contributed by atoms with E-state index in [2.05, 4.69) is 10.3 Å². The fourth-order valence-electron chi connectivity index (χ4n) is 3.20. The Morgan fingerprint density at radius 3 is 2.62 bits per heavy atom. The normalized spacial score (nSPS) is 15.5. The van der Waals surface area contributed by atoms with Gasteiger partial charge in [0.05, 0.1) is 24.8 Å². The summed E-state index contributed by atoms with van der Waals surface area (Å²) in [6.45, 7) is 3.84. The van der Waals surface area contributed by atoms with E-state index in [1.165, 1.54) is 12.8 Å². The molecular weight excluding hydrogens is 328 g/mol. The zero-order valence-electron chi connectivity index (χ0n) is 15.6. The van der Waals surface area contributed by atoms with Crippen molar-refractivity contribution in [3.8, 4) is 11.5 Å². The molecule has 1 aromatic carbocycles. The summed E-state index contributed by atoms with van der Waals surface area (Å²) in [6.07, 6.45) is 6.52. The van der Waals surface area contributed by atoms with Crippen LogP contribution in [-0.2, 0) is 0 Å². The van der Waals surface area contributed by atoms with Gasteiger partial charge in [-0.2, -0.15) is 0 Å². The van der Waals surface area contributed by atoms with Gasteiger partial charge in [0.25, 0.3) is 5.91 Å². The van der Waals surface area contributed by atoms with Crippen molar-refractivity contribution >= 4 is 5.91 Å². The molecule has 5 heteroatoms. The number of aryl methyl sites for hydroxylation is 1.